The Kier molecular flexibility index (Phi) is 4.86. The summed E-state index contributed by atoms with van der Waals surface area (Å²) in [5, 5.41) is 11.3. The average Bonchev–Trinajstić information content (AvgIpc) is 2.28. The molecule has 0 saturated carbocycles. The zero-order valence-electron chi connectivity index (χ0n) is 8.89. The van der Waals surface area contributed by atoms with E-state index >= 15 is 0 Å². The zero-order chi connectivity index (χ0) is 12.8. The molecular formula is C10H12ClN3O3. The summed E-state index contributed by atoms with van der Waals surface area (Å²) in [5.74, 6) is -1.43. The molecule has 1 atom stereocenters. The smallest absolute Gasteiger partial charge is 0.303 e. The number of pyridine rings is 1. The molecule has 0 radical (unpaired) electrons. The van der Waals surface area contributed by atoms with Crippen LogP contribution in [0.25, 0.3) is 0 Å². The number of carbonyl (C=O) groups excluding carboxylic acids is 1. The van der Waals surface area contributed by atoms with Gasteiger partial charge in [0.05, 0.1) is 17.9 Å². The van der Waals surface area contributed by atoms with E-state index in [4.69, 9.17) is 22.4 Å². The summed E-state index contributed by atoms with van der Waals surface area (Å²) in [6, 6.07) is 2.25. The number of nitrogens with two attached hydrogens (primary N) is 1. The van der Waals surface area contributed by atoms with E-state index in [9.17, 15) is 9.59 Å². The summed E-state index contributed by atoms with van der Waals surface area (Å²) in [6.07, 6.45) is 1.33. The molecule has 1 aromatic rings. The van der Waals surface area contributed by atoms with Gasteiger partial charge in [-0.05, 0) is 18.6 Å². The van der Waals surface area contributed by atoms with E-state index in [2.05, 4.69) is 10.3 Å². The molecule has 4 N–H and O–H groups in total. The molecular weight excluding hydrogens is 246 g/mol. The maximum Gasteiger partial charge on any atom is 0.303 e. The quantitative estimate of drug-likeness (QED) is 0.679. The number of nitrogens with zero attached hydrogens (tertiary/aromatic N) is 1. The largest absolute Gasteiger partial charge is 0.481 e. The standard InChI is InChI=1S/C10H12ClN3O3/c11-8-3-1-6(5-13-8)14-10(17)7(12)2-4-9(15)16/h1,3,5,7H,2,4,12H2,(H,14,17)(H,15,16). The summed E-state index contributed by atoms with van der Waals surface area (Å²) >= 11 is 5.58. The first-order valence-corrected chi connectivity index (χ1v) is 5.26. The van der Waals surface area contributed by atoms with E-state index in [-0.39, 0.29) is 12.8 Å². The number of carboxylic acids is 1. The lowest BCUT2D eigenvalue weighted by atomic mass is 10.1. The lowest BCUT2D eigenvalue weighted by Crippen LogP contribution is -2.36. The molecule has 7 heteroatoms. The van der Waals surface area contributed by atoms with Crippen LogP contribution in [0.15, 0.2) is 18.3 Å². The minimum atomic E-state index is -0.985. The van der Waals surface area contributed by atoms with E-state index in [0.717, 1.165) is 0 Å². The van der Waals surface area contributed by atoms with E-state index in [1.807, 2.05) is 0 Å². The molecule has 92 valence electrons. The van der Waals surface area contributed by atoms with Crippen LogP contribution in [-0.2, 0) is 9.59 Å². The SMILES string of the molecule is NC(CCC(=O)O)C(=O)Nc1ccc(Cl)nc1. The molecule has 1 heterocycles. The maximum atomic E-state index is 11.5. The molecule has 0 saturated heterocycles. The number of carboxylic acid groups (broad SMARTS) is 1. The highest BCUT2D eigenvalue weighted by Gasteiger charge is 2.14. The summed E-state index contributed by atoms with van der Waals surface area (Å²) in [6.45, 7) is 0. The van der Waals surface area contributed by atoms with E-state index in [1.54, 1.807) is 6.07 Å². The van der Waals surface area contributed by atoms with Crippen LogP contribution in [0.5, 0.6) is 0 Å². The van der Waals surface area contributed by atoms with Crippen LogP contribution in [-0.4, -0.2) is 28.0 Å². The minimum Gasteiger partial charge on any atom is -0.481 e. The lowest BCUT2D eigenvalue weighted by Gasteiger charge is -2.10. The molecule has 0 aliphatic carbocycles. The van der Waals surface area contributed by atoms with Gasteiger partial charge in [0.15, 0.2) is 0 Å². The van der Waals surface area contributed by atoms with Crippen LogP contribution in [0.1, 0.15) is 12.8 Å². The first kappa shape index (κ1) is 13.4. The second-order valence-corrected chi connectivity index (χ2v) is 3.79. The van der Waals surface area contributed by atoms with Gasteiger partial charge in [-0.1, -0.05) is 11.6 Å². The topological polar surface area (TPSA) is 105 Å². The van der Waals surface area contributed by atoms with Crippen LogP contribution in [0.2, 0.25) is 5.15 Å². The van der Waals surface area contributed by atoms with Crippen molar-refractivity contribution in [1.82, 2.24) is 4.98 Å². The number of carbonyl (C=O) groups is 2. The van der Waals surface area contributed by atoms with Crippen LogP contribution < -0.4 is 11.1 Å². The van der Waals surface area contributed by atoms with Crippen molar-refractivity contribution in [2.45, 2.75) is 18.9 Å². The van der Waals surface area contributed by atoms with Crippen molar-refractivity contribution in [2.75, 3.05) is 5.32 Å². The number of hydrogen-bond acceptors (Lipinski definition) is 4. The van der Waals surface area contributed by atoms with Gasteiger partial charge in [-0.25, -0.2) is 4.98 Å². The van der Waals surface area contributed by atoms with Crippen molar-refractivity contribution >= 4 is 29.2 Å². The van der Waals surface area contributed by atoms with E-state index in [1.165, 1.54) is 12.3 Å². The van der Waals surface area contributed by atoms with Crippen molar-refractivity contribution in [1.29, 1.82) is 0 Å². The van der Waals surface area contributed by atoms with Crippen LogP contribution in [0.3, 0.4) is 0 Å². The molecule has 1 unspecified atom stereocenters. The van der Waals surface area contributed by atoms with Gasteiger partial charge in [-0.2, -0.15) is 0 Å². The molecule has 0 spiro atoms. The number of hydrogen-bond donors (Lipinski definition) is 3. The van der Waals surface area contributed by atoms with E-state index in [0.29, 0.717) is 10.8 Å². The van der Waals surface area contributed by atoms with Crippen LogP contribution >= 0.6 is 11.6 Å². The van der Waals surface area contributed by atoms with Gasteiger partial charge in [-0.15, -0.1) is 0 Å². The Morgan fingerprint density at radius 1 is 1.53 bits per heavy atom. The lowest BCUT2D eigenvalue weighted by molar-refractivity contribution is -0.137. The summed E-state index contributed by atoms with van der Waals surface area (Å²) in [5.41, 5.74) is 5.98. The van der Waals surface area contributed by atoms with Crippen molar-refractivity contribution in [3.8, 4) is 0 Å². The van der Waals surface area contributed by atoms with Gasteiger partial charge in [0.2, 0.25) is 5.91 Å². The number of anilines is 1. The first-order valence-electron chi connectivity index (χ1n) is 4.89. The second-order valence-electron chi connectivity index (χ2n) is 3.40. The fourth-order valence-electron chi connectivity index (χ4n) is 1.09. The van der Waals surface area contributed by atoms with Gasteiger partial charge in [-0.3, -0.25) is 9.59 Å². The number of rotatable bonds is 5. The Morgan fingerprint density at radius 2 is 2.24 bits per heavy atom. The third kappa shape index (κ3) is 4.80. The van der Waals surface area contributed by atoms with Crippen molar-refractivity contribution < 1.29 is 14.7 Å². The molecule has 0 bridgehead atoms. The normalized spacial score (nSPS) is 11.9. The molecule has 1 amide bonds. The summed E-state index contributed by atoms with van der Waals surface area (Å²) < 4.78 is 0. The molecule has 0 aliphatic heterocycles. The molecule has 6 nitrogen and oxygen atoms in total. The number of aliphatic carboxylic acids is 1. The third-order valence-electron chi connectivity index (χ3n) is 2.00. The number of nitrogens with one attached hydrogen (secondary N) is 1. The highest BCUT2D eigenvalue weighted by atomic mass is 35.5. The minimum absolute atomic E-state index is 0.0855. The Hall–Kier alpha value is -1.66. The molecule has 1 aromatic heterocycles. The van der Waals surface area contributed by atoms with Gasteiger partial charge in [0, 0.05) is 6.42 Å². The highest BCUT2D eigenvalue weighted by molar-refractivity contribution is 6.29. The van der Waals surface area contributed by atoms with Gasteiger partial charge in [0.1, 0.15) is 5.15 Å². The Balaban J connectivity index is 2.48. The molecule has 0 fully saturated rings. The van der Waals surface area contributed by atoms with Crippen LogP contribution in [0, 0.1) is 0 Å². The zero-order valence-corrected chi connectivity index (χ0v) is 9.65. The van der Waals surface area contributed by atoms with Crippen molar-refractivity contribution in [3.05, 3.63) is 23.5 Å². The molecule has 0 aliphatic rings. The van der Waals surface area contributed by atoms with Crippen molar-refractivity contribution in [3.63, 3.8) is 0 Å². The first-order chi connectivity index (χ1) is 7.99. The monoisotopic (exact) mass is 257 g/mol. The van der Waals surface area contributed by atoms with Crippen LogP contribution in [0.4, 0.5) is 5.69 Å². The maximum absolute atomic E-state index is 11.5. The molecule has 1 rings (SSSR count). The van der Waals surface area contributed by atoms with Gasteiger partial charge < -0.3 is 16.2 Å². The van der Waals surface area contributed by atoms with Crippen molar-refractivity contribution in [2.24, 2.45) is 5.73 Å². The summed E-state index contributed by atoms with van der Waals surface area (Å²) in [7, 11) is 0. The fourth-order valence-corrected chi connectivity index (χ4v) is 1.21. The Bertz CT molecular complexity index is 408. The second kappa shape index (κ2) is 6.17. The number of halogens is 1. The summed E-state index contributed by atoms with van der Waals surface area (Å²) in [4.78, 5) is 25.6. The predicted octanol–water partition coefficient (Wildman–Crippen LogP) is 0.866. The predicted molar refractivity (Wildman–Crippen MR) is 62.7 cm³/mol. The van der Waals surface area contributed by atoms with Gasteiger partial charge in [0.25, 0.3) is 0 Å². The van der Waals surface area contributed by atoms with E-state index < -0.39 is 17.9 Å². The Morgan fingerprint density at radius 3 is 2.76 bits per heavy atom. The van der Waals surface area contributed by atoms with Gasteiger partial charge >= 0.3 is 5.97 Å². The fraction of sp³-hybridized carbons (Fsp3) is 0.300. The number of aromatic nitrogens is 1. The molecule has 0 aromatic carbocycles. The average molecular weight is 258 g/mol. The Labute approximate surface area is 103 Å². The number of amides is 1. The third-order valence-corrected chi connectivity index (χ3v) is 2.22. The molecule has 17 heavy (non-hydrogen) atoms. The highest BCUT2D eigenvalue weighted by Crippen LogP contribution is 2.10.